The quantitative estimate of drug-likeness (QED) is 0.833. The Morgan fingerprint density at radius 1 is 1.42 bits per heavy atom. The Kier molecular flexibility index (Phi) is 4.98. The summed E-state index contributed by atoms with van der Waals surface area (Å²) in [5, 5.41) is 11.8. The van der Waals surface area contributed by atoms with Crippen LogP contribution in [0.25, 0.3) is 10.2 Å². The van der Waals surface area contributed by atoms with Gasteiger partial charge in [-0.3, -0.25) is 4.90 Å². The van der Waals surface area contributed by atoms with Gasteiger partial charge in [-0.05, 0) is 11.4 Å². The molecule has 0 amide bonds. The van der Waals surface area contributed by atoms with E-state index in [1.54, 1.807) is 0 Å². The minimum Gasteiger partial charge on any atom is -0.395 e. The number of rotatable bonds is 6. The summed E-state index contributed by atoms with van der Waals surface area (Å²) in [6.45, 7) is -0.335. The maximum Gasteiger partial charge on any atom is 0.251 e. The summed E-state index contributed by atoms with van der Waals surface area (Å²) in [5.74, 6) is 0.383. The lowest BCUT2D eigenvalue weighted by atomic mass is 10.4. The van der Waals surface area contributed by atoms with Gasteiger partial charge in [0.15, 0.2) is 0 Å². The van der Waals surface area contributed by atoms with E-state index in [0.717, 1.165) is 10.2 Å². The zero-order valence-electron chi connectivity index (χ0n) is 9.89. The molecule has 1 N–H and O–H groups in total. The Morgan fingerprint density at radius 2 is 2.21 bits per heavy atom. The number of thiophene rings is 1. The fourth-order valence-corrected chi connectivity index (χ4v) is 2.79. The van der Waals surface area contributed by atoms with Gasteiger partial charge in [-0.1, -0.05) is 11.6 Å². The summed E-state index contributed by atoms with van der Waals surface area (Å²) in [5.41, 5.74) is 0. The number of hydrogen-bond acceptors (Lipinski definition) is 5. The van der Waals surface area contributed by atoms with Crippen molar-refractivity contribution >= 4 is 33.2 Å². The van der Waals surface area contributed by atoms with Crippen molar-refractivity contribution in [1.82, 2.24) is 14.9 Å². The number of alkyl halides is 2. The summed E-state index contributed by atoms with van der Waals surface area (Å²) in [6.07, 6.45) is -2.47. The first kappa shape index (κ1) is 14.5. The van der Waals surface area contributed by atoms with Crippen molar-refractivity contribution in [3.05, 3.63) is 22.4 Å². The molecular weight excluding hydrogens is 296 g/mol. The highest BCUT2D eigenvalue weighted by Crippen LogP contribution is 2.25. The molecule has 2 aromatic rings. The first-order valence-electron chi connectivity index (χ1n) is 5.61. The summed E-state index contributed by atoms with van der Waals surface area (Å²) >= 11 is 7.43. The Balaban J connectivity index is 2.18. The van der Waals surface area contributed by atoms with Crippen LogP contribution in [0.5, 0.6) is 0 Å². The molecule has 0 aliphatic carbocycles. The number of aromatic nitrogens is 2. The molecule has 2 aromatic heterocycles. The Hall–Kier alpha value is -0.890. The molecule has 0 spiro atoms. The second-order valence-electron chi connectivity index (χ2n) is 3.92. The number of nitrogens with zero attached hydrogens (tertiary/aromatic N) is 3. The molecule has 2 heterocycles. The van der Waals surface area contributed by atoms with E-state index < -0.39 is 13.0 Å². The van der Waals surface area contributed by atoms with E-state index in [9.17, 15) is 8.78 Å². The van der Waals surface area contributed by atoms with Crippen LogP contribution < -0.4 is 0 Å². The molecule has 0 saturated heterocycles. The number of fused-ring (bicyclic) bond motifs is 1. The molecule has 0 radical (unpaired) electrons. The molecule has 0 fully saturated rings. The van der Waals surface area contributed by atoms with Crippen molar-refractivity contribution in [2.45, 2.75) is 13.0 Å². The van der Waals surface area contributed by atoms with Crippen LogP contribution in [0.3, 0.4) is 0 Å². The SMILES string of the molecule is OCCN(Cc1nc(Cl)c2ccsc2n1)CC(F)F. The average Bonchev–Trinajstić information content (AvgIpc) is 2.77. The largest absolute Gasteiger partial charge is 0.395 e. The molecule has 2 rings (SSSR count). The van der Waals surface area contributed by atoms with Crippen LogP contribution in [-0.4, -0.2) is 46.1 Å². The molecule has 0 bridgehead atoms. The number of hydrogen-bond donors (Lipinski definition) is 1. The van der Waals surface area contributed by atoms with Crippen molar-refractivity contribution in [3.8, 4) is 0 Å². The second-order valence-corrected chi connectivity index (χ2v) is 5.17. The number of halogens is 3. The third-order valence-electron chi connectivity index (χ3n) is 2.50. The van der Waals surface area contributed by atoms with Crippen LogP contribution in [0.4, 0.5) is 8.78 Å². The summed E-state index contributed by atoms with van der Waals surface area (Å²) in [4.78, 5) is 10.5. The van der Waals surface area contributed by atoms with E-state index in [0.29, 0.717) is 11.0 Å². The van der Waals surface area contributed by atoms with Gasteiger partial charge in [0, 0.05) is 11.9 Å². The maximum absolute atomic E-state index is 12.4. The smallest absolute Gasteiger partial charge is 0.251 e. The average molecular weight is 308 g/mol. The Bertz CT molecular complexity index is 552. The van der Waals surface area contributed by atoms with Crippen molar-refractivity contribution in [2.24, 2.45) is 0 Å². The van der Waals surface area contributed by atoms with E-state index in [1.807, 2.05) is 11.4 Å². The van der Waals surface area contributed by atoms with Gasteiger partial charge in [0.05, 0.1) is 19.7 Å². The van der Waals surface area contributed by atoms with E-state index in [4.69, 9.17) is 16.7 Å². The van der Waals surface area contributed by atoms with Gasteiger partial charge in [-0.15, -0.1) is 11.3 Å². The molecule has 0 aromatic carbocycles. The molecule has 104 valence electrons. The fourth-order valence-electron chi connectivity index (χ4n) is 1.70. The van der Waals surface area contributed by atoms with E-state index in [1.165, 1.54) is 16.2 Å². The van der Waals surface area contributed by atoms with Crippen LogP contribution >= 0.6 is 22.9 Å². The lowest BCUT2D eigenvalue weighted by Gasteiger charge is -2.19. The van der Waals surface area contributed by atoms with E-state index in [2.05, 4.69) is 9.97 Å². The first-order valence-corrected chi connectivity index (χ1v) is 6.87. The molecule has 0 aliphatic heterocycles. The van der Waals surface area contributed by atoms with Crippen LogP contribution in [-0.2, 0) is 6.54 Å². The van der Waals surface area contributed by atoms with E-state index >= 15 is 0 Å². The van der Waals surface area contributed by atoms with Gasteiger partial charge in [0.1, 0.15) is 15.8 Å². The molecule has 0 aliphatic rings. The highest BCUT2D eigenvalue weighted by Gasteiger charge is 2.15. The fraction of sp³-hybridized carbons (Fsp3) is 0.455. The molecular formula is C11H12ClF2N3OS. The third kappa shape index (κ3) is 3.79. The van der Waals surface area contributed by atoms with Gasteiger partial charge < -0.3 is 5.11 Å². The zero-order chi connectivity index (χ0) is 13.8. The topological polar surface area (TPSA) is 49.2 Å². The monoisotopic (exact) mass is 307 g/mol. The van der Waals surface area contributed by atoms with Crippen molar-refractivity contribution in [1.29, 1.82) is 0 Å². The Labute approximate surface area is 117 Å². The standard InChI is InChI=1S/C11H12ClF2N3OS/c12-10-7-1-4-19-11(7)16-9(15-10)6-17(2-3-18)5-8(13)14/h1,4,8,18H,2-3,5-6H2. The molecule has 8 heteroatoms. The first-order chi connectivity index (χ1) is 9.10. The van der Waals surface area contributed by atoms with Gasteiger partial charge in [0.25, 0.3) is 6.43 Å². The third-order valence-corrected chi connectivity index (χ3v) is 3.60. The van der Waals surface area contributed by atoms with Gasteiger partial charge in [-0.25, -0.2) is 18.7 Å². The van der Waals surface area contributed by atoms with Crippen molar-refractivity contribution < 1.29 is 13.9 Å². The lowest BCUT2D eigenvalue weighted by Crippen LogP contribution is -2.31. The second kappa shape index (κ2) is 6.51. The van der Waals surface area contributed by atoms with Gasteiger partial charge >= 0.3 is 0 Å². The summed E-state index contributed by atoms with van der Waals surface area (Å²) < 4.78 is 24.8. The van der Waals surface area contributed by atoms with Crippen LogP contribution in [0, 0.1) is 0 Å². The van der Waals surface area contributed by atoms with Crippen LogP contribution in [0.1, 0.15) is 5.82 Å². The zero-order valence-corrected chi connectivity index (χ0v) is 11.5. The predicted octanol–water partition coefficient (Wildman–Crippen LogP) is 2.40. The van der Waals surface area contributed by atoms with Crippen LogP contribution in [0.2, 0.25) is 5.15 Å². The predicted molar refractivity (Wildman–Crippen MR) is 70.8 cm³/mol. The molecule has 4 nitrogen and oxygen atoms in total. The highest BCUT2D eigenvalue weighted by atomic mass is 35.5. The minimum atomic E-state index is -2.47. The molecule has 19 heavy (non-hydrogen) atoms. The minimum absolute atomic E-state index is 0.137. The summed E-state index contributed by atoms with van der Waals surface area (Å²) in [7, 11) is 0. The van der Waals surface area contributed by atoms with Crippen molar-refractivity contribution in [3.63, 3.8) is 0 Å². The number of aliphatic hydroxyl groups is 1. The Morgan fingerprint density at radius 3 is 2.89 bits per heavy atom. The molecule has 0 saturated carbocycles. The van der Waals surface area contributed by atoms with Crippen LogP contribution in [0.15, 0.2) is 11.4 Å². The highest BCUT2D eigenvalue weighted by molar-refractivity contribution is 7.16. The van der Waals surface area contributed by atoms with Crippen molar-refractivity contribution in [2.75, 3.05) is 19.7 Å². The van der Waals surface area contributed by atoms with Gasteiger partial charge in [-0.2, -0.15) is 0 Å². The number of aliphatic hydroxyl groups excluding tert-OH is 1. The van der Waals surface area contributed by atoms with E-state index in [-0.39, 0.29) is 19.7 Å². The lowest BCUT2D eigenvalue weighted by molar-refractivity contribution is 0.0734. The molecule has 0 atom stereocenters. The maximum atomic E-state index is 12.4. The summed E-state index contributed by atoms with van der Waals surface area (Å²) in [6, 6.07) is 1.82. The normalized spacial score (nSPS) is 11.9. The molecule has 0 unspecified atom stereocenters. The van der Waals surface area contributed by atoms with Gasteiger partial charge in [0.2, 0.25) is 0 Å².